The van der Waals surface area contributed by atoms with Crippen LogP contribution in [0, 0.1) is 0 Å². The Morgan fingerprint density at radius 1 is 1.44 bits per heavy atom. The monoisotopic (exact) mass is 220 g/mol. The van der Waals surface area contributed by atoms with Crippen LogP contribution in [0.4, 0.5) is 11.4 Å². The van der Waals surface area contributed by atoms with Crippen molar-refractivity contribution >= 4 is 11.4 Å². The maximum absolute atomic E-state index is 5.02. The standard InChI is InChI=1S/C13H20N2O/c1-15-8-3-4-11-10-12(5-6-13(11)15)14-7-9-16-2/h5-6,10,14H,3-4,7-9H2,1-2H3. The first-order valence-corrected chi connectivity index (χ1v) is 5.88. The van der Waals surface area contributed by atoms with Crippen LogP contribution in [0.3, 0.4) is 0 Å². The number of rotatable bonds is 4. The SMILES string of the molecule is COCCNc1ccc2c(c1)CCCN2C. The molecule has 0 spiro atoms. The first-order valence-electron chi connectivity index (χ1n) is 5.88. The Balaban J connectivity index is 2.06. The molecule has 3 nitrogen and oxygen atoms in total. The molecule has 2 rings (SSSR count). The molecule has 16 heavy (non-hydrogen) atoms. The molecule has 0 unspecified atom stereocenters. The molecule has 0 radical (unpaired) electrons. The van der Waals surface area contributed by atoms with Crippen molar-refractivity contribution in [3.05, 3.63) is 23.8 Å². The first-order chi connectivity index (χ1) is 7.81. The Hall–Kier alpha value is -1.22. The number of methoxy groups -OCH3 is 1. The summed E-state index contributed by atoms with van der Waals surface area (Å²) in [7, 11) is 3.89. The second kappa shape index (κ2) is 5.21. The van der Waals surface area contributed by atoms with Gasteiger partial charge in [-0.3, -0.25) is 0 Å². The number of nitrogens with one attached hydrogen (secondary N) is 1. The van der Waals surface area contributed by atoms with Gasteiger partial charge in [-0.25, -0.2) is 0 Å². The van der Waals surface area contributed by atoms with E-state index in [1.807, 2.05) is 0 Å². The Morgan fingerprint density at radius 2 is 2.31 bits per heavy atom. The van der Waals surface area contributed by atoms with Crippen molar-refractivity contribution in [3.8, 4) is 0 Å². The van der Waals surface area contributed by atoms with Crippen molar-refractivity contribution in [3.63, 3.8) is 0 Å². The summed E-state index contributed by atoms with van der Waals surface area (Å²) in [5.74, 6) is 0. The Labute approximate surface area is 97.4 Å². The third-order valence-corrected chi connectivity index (χ3v) is 3.07. The smallest absolute Gasteiger partial charge is 0.0635 e. The van der Waals surface area contributed by atoms with Gasteiger partial charge < -0.3 is 15.0 Å². The highest BCUT2D eigenvalue weighted by atomic mass is 16.5. The molecule has 0 saturated heterocycles. The van der Waals surface area contributed by atoms with Gasteiger partial charge >= 0.3 is 0 Å². The summed E-state index contributed by atoms with van der Waals surface area (Å²) in [5.41, 5.74) is 4.03. The van der Waals surface area contributed by atoms with Crippen LogP contribution in [0.1, 0.15) is 12.0 Å². The fraction of sp³-hybridized carbons (Fsp3) is 0.538. The predicted molar refractivity (Wildman–Crippen MR) is 68.4 cm³/mol. The number of ether oxygens (including phenoxy) is 1. The van der Waals surface area contributed by atoms with Crippen molar-refractivity contribution in [2.24, 2.45) is 0 Å². The molecule has 0 bridgehead atoms. The van der Waals surface area contributed by atoms with Crippen LogP contribution in [0.5, 0.6) is 0 Å². The van der Waals surface area contributed by atoms with Crippen LogP contribution in [-0.2, 0) is 11.2 Å². The van der Waals surface area contributed by atoms with Gasteiger partial charge in [0.15, 0.2) is 0 Å². The normalized spacial score (nSPS) is 14.8. The molecule has 0 amide bonds. The van der Waals surface area contributed by atoms with Gasteiger partial charge in [0.05, 0.1) is 6.61 Å². The minimum Gasteiger partial charge on any atom is -0.383 e. The zero-order valence-corrected chi connectivity index (χ0v) is 10.1. The van der Waals surface area contributed by atoms with E-state index in [9.17, 15) is 0 Å². The quantitative estimate of drug-likeness (QED) is 0.787. The van der Waals surface area contributed by atoms with E-state index in [-0.39, 0.29) is 0 Å². The summed E-state index contributed by atoms with van der Waals surface area (Å²) in [4.78, 5) is 2.33. The molecule has 88 valence electrons. The number of fused-ring (bicyclic) bond motifs is 1. The van der Waals surface area contributed by atoms with Crippen molar-refractivity contribution in [1.29, 1.82) is 0 Å². The Kier molecular flexibility index (Phi) is 3.67. The van der Waals surface area contributed by atoms with Crippen molar-refractivity contribution in [1.82, 2.24) is 0 Å². The molecule has 0 fully saturated rings. The second-order valence-corrected chi connectivity index (χ2v) is 4.29. The number of benzene rings is 1. The van der Waals surface area contributed by atoms with E-state index in [1.165, 1.54) is 36.3 Å². The molecule has 1 N–H and O–H groups in total. The lowest BCUT2D eigenvalue weighted by Gasteiger charge is -2.27. The van der Waals surface area contributed by atoms with Crippen molar-refractivity contribution in [2.45, 2.75) is 12.8 Å². The highest BCUT2D eigenvalue weighted by Gasteiger charge is 2.13. The predicted octanol–water partition coefficient (Wildman–Crippen LogP) is 2.13. The molecule has 0 atom stereocenters. The van der Waals surface area contributed by atoms with Crippen LogP contribution >= 0.6 is 0 Å². The maximum Gasteiger partial charge on any atom is 0.0635 e. The summed E-state index contributed by atoms with van der Waals surface area (Å²) >= 11 is 0. The van der Waals surface area contributed by atoms with Crippen molar-refractivity contribution in [2.75, 3.05) is 44.1 Å². The van der Waals surface area contributed by atoms with E-state index >= 15 is 0 Å². The van der Waals surface area contributed by atoms with Gasteiger partial charge in [-0.05, 0) is 36.6 Å². The third kappa shape index (κ3) is 2.47. The van der Waals surface area contributed by atoms with Crippen molar-refractivity contribution < 1.29 is 4.74 Å². The largest absolute Gasteiger partial charge is 0.383 e. The summed E-state index contributed by atoms with van der Waals surface area (Å²) in [6.45, 7) is 2.78. The third-order valence-electron chi connectivity index (χ3n) is 3.07. The number of hydrogen-bond donors (Lipinski definition) is 1. The average Bonchev–Trinajstić information content (AvgIpc) is 2.30. The summed E-state index contributed by atoms with van der Waals surface area (Å²) in [6.07, 6.45) is 2.45. The van der Waals surface area contributed by atoms with E-state index in [1.54, 1.807) is 7.11 Å². The second-order valence-electron chi connectivity index (χ2n) is 4.29. The summed E-state index contributed by atoms with van der Waals surface area (Å²) < 4.78 is 5.02. The minimum atomic E-state index is 0.747. The fourth-order valence-corrected chi connectivity index (χ4v) is 2.19. The Morgan fingerprint density at radius 3 is 3.12 bits per heavy atom. The zero-order chi connectivity index (χ0) is 11.4. The lowest BCUT2D eigenvalue weighted by atomic mass is 10.0. The fourth-order valence-electron chi connectivity index (χ4n) is 2.19. The average molecular weight is 220 g/mol. The lowest BCUT2D eigenvalue weighted by molar-refractivity contribution is 0.211. The van der Waals surface area contributed by atoms with Crippen LogP contribution < -0.4 is 10.2 Å². The molecular formula is C13H20N2O. The molecule has 3 heteroatoms. The van der Waals surface area contributed by atoms with E-state index in [0.29, 0.717) is 0 Å². The lowest BCUT2D eigenvalue weighted by Crippen LogP contribution is -2.24. The van der Waals surface area contributed by atoms with Gasteiger partial charge in [0, 0.05) is 38.6 Å². The molecule has 0 saturated carbocycles. The van der Waals surface area contributed by atoms with Gasteiger partial charge in [0.1, 0.15) is 0 Å². The van der Waals surface area contributed by atoms with Gasteiger partial charge in [0.2, 0.25) is 0 Å². The Bertz CT molecular complexity index is 352. The van der Waals surface area contributed by atoms with Gasteiger partial charge in [0.25, 0.3) is 0 Å². The van der Waals surface area contributed by atoms with E-state index in [0.717, 1.165) is 13.2 Å². The molecule has 0 aromatic heterocycles. The van der Waals surface area contributed by atoms with Gasteiger partial charge in [-0.15, -0.1) is 0 Å². The minimum absolute atomic E-state index is 0.747. The van der Waals surface area contributed by atoms with E-state index in [2.05, 4.69) is 35.5 Å². The molecule has 1 aliphatic rings. The van der Waals surface area contributed by atoms with Crippen LogP contribution in [0.25, 0.3) is 0 Å². The van der Waals surface area contributed by atoms with Crippen LogP contribution in [-0.4, -0.2) is 33.9 Å². The molecule has 0 aliphatic carbocycles. The molecule has 1 aromatic carbocycles. The van der Waals surface area contributed by atoms with E-state index in [4.69, 9.17) is 4.74 Å². The molecule has 1 heterocycles. The number of hydrogen-bond acceptors (Lipinski definition) is 3. The van der Waals surface area contributed by atoms with Crippen LogP contribution in [0.15, 0.2) is 18.2 Å². The summed E-state index contributed by atoms with van der Waals surface area (Å²) in [5, 5.41) is 3.37. The zero-order valence-electron chi connectivity index (χ0n) is 10.1. The number of aryl methyl sites for hydroxylation is 1. The van der Waals surface area contributed by atoms with Gasteiger partial charge in [-0.1, -0.05) is 0 Å². The van der Waals surface area contributed by atoms with Gasteiger partial charge in [-0.2, -0.15) is 0 Å². The highest BCUT2D eigenvalue weighted by molar-refractivity contribution is 5.61. The van der Waals surface area contributed by atoms with Crippen LogP contribution in [0.2, 0.25) is 0 Å². The maximum atomic E-state index is 5.02. The topological polar surface area (TPSA) is 24.5 Å². The van der Waals surface area contributed by atoms with E-state index < -0.39 is 0 Å². The number of nitrogens with zero attached hydrogens (tertiary/aromatic N) is 1. The summed E-state index contributed by atoms with van der Waals surface area (Å²) in [6, 6.07) is 6.63. The molecule has 1 aliphatic heterocycles. The first kappa shape index (κ1) is 11.3. The molecular weight excluding hydrogens is 200 g/mol. The highest BCUT2D eigenvalue weighted by Crippen LogP contribution is 2.28. The number of anilines is 2. The molecule has 1 aromatic rings.